The van der Waals surface area contributed by atoms with E-state index in [9.17, 15) is 18.0 Å². The first-order chi connectivity index (χ1) is 10.7. The maximum Gasteiger partial charge on any atom is 0.416 e. The molecule has 3 atom stereocenters. The molecule has 0 radical (unpaired) electrons. The van der Waals surface area contributed by atoms with E-state index in [0.717, 1.165) is 30.7 Å². The molecule has 1 saturated heterocycles. The third kappa shape index (κ3) is 4.47. The zero-order valence-corrected chi connectivity index (χ0v) is 13.7. The molecule has 1 amide bonds. The SMILES string of the molecule is CC(=O)N1CC[C@H](N[C@@H](C)c2ccc(C(F)(F)F)cc2)[C@H](C)C1. The van der Waals surface area contributed by atoms with Crippen molar-refractivity contribution in [3.63, 3.8) is 0 Å². The molecule has 0 unspecified atom stereocenters. The van der Waals surface area contributed by atoms with Gasteiger partial charge >= 0.3 is 6.18 Å². The highest BCUT2D eigenvalue weighted by Crippen LogP contribution is 2.30. The molecule has 0 spiro atoms. The van der Waals surface area contributed by atoms with Gasteiger partial charge in [-0.15, -0.1) is 0 Å². The van der Waals surface area contributed by atoms with Crippen molar-refractivity contribution < 1.29 is 18.0 Å². The monoisotopic (exact) mass is 328 g/mol. The van der Waals surface area contributed by atoms with E-state index in [1.807, 2.05) is 11.8 Å². The van der Waals surface area contributed by atoms with Gasteiger partial charge in [0.15, 0.2) is 0 Å². The third-order valence-electron chi connectivity index (χ3n) is 4.55. The van der Waals surface area contributed by atoms with E-state index in [0.29, 0.717) is 12.5 Å². The Morgan fingerprint density at radius 2 is 1.91 bits per heavy atom. The zero-order chi connectivity index (χ0) is 17.2. The van der Waals surface area contributed by atoms with Gasteiger partial charge in [-0.05, 0) is 37.0 Å². The fourth-order valence-electron chi connectivity index (χ4n) is 3.06. The molecule has 0 aliphatic carbocycles. The molecule has 0 aromatic heterocycles. The van der Waals surface area contributed by atoms with E-state index in [-0.39, 0.29) is 18.0 Å². The zero-order valence-electron chi connectivity index (χ0n) is 13.7. The molecule has 1 aliphatic heterocycles. The topological polar surface area (TPSA) is 32.3 Å². The molecule has 1 aromatic rings. The summed E-state index contributed by atoms with van der Waals surface area (Å²) in [5.41, 5.74) is 0.204. The number of rotatable bonds is 3. The van der Waals surface area contributed by atoms with Gasteiger partial charge in [0.25, 0.3) is 0 Å². The van der Waals surface area contributed by atoms with Crippen LogP contribution in [0.5, 0.6) is 0 Å². The number of hydrogen-bond acceptors (Lipinski definition) is 2. The molecule has 128 valence electrons. The fourth-order valence-corrected chi connectivity index (χ4v) is 3.06. The van der Waals surface area contributed by atoms with Gasteiger partial charge in [0.2, 0.25) is 5.91 Å². The second-order valence-corrected chi connectivity index (χ2v) is 6.35. The van der Waals surface area contributed by atoms with Gasteiger partial charge in [-0.2, -0.15) is 13.2 Å². The van der Waals surface area contributed by atoms with Crippen molar-refractivity contribution in [1.29, 1.82) is 0 Å². The number of amides is 1. The summed E-state index contributed by atoms with van der Waals surface area (Å²) < 4.78 is 37.8. The van der Waals surface area contributed by atoms with Crippen molar-refractivity contribution in [3.8, 4) is 0 Å². The summed E-state index contributed by atoms with van der Waals surface area (Å²) in [7, 11) is 0. The van der Waals surface area contributed by atoms with Crippen molar-refractivity contribution in [2.75, 3.05) is 13.1 Å². The molecule has 1 N–H and O–H groups in total. The van der Waals surface area contributed by atoms with E-state index in [1.165, 1.54) is 12.1 Å². The van der Waals surface area contributed by atoms with Gasteiger partial charge in [0.1, 0.15) is 0 Å². The van der Waals surface area contributed by atoms with Crippen LogP contribution in [0.15, 0.2) is 24.3 Å². The Bertz CT molecular complexity index is 542. The highest BCUT2D eigenvalue weighted by atomic mass is 19.4. The minimum Gasteiger partial charge on any atom is -0.343 e. The lowest BCUT2D eigenvalue weighted by Crippen LogP contribution is -2.50. The molecule has 0 bridgehead atoms. The lowest BCUT2D eigenvalue weighted by molar-refractivity contribution is -0.137. The number of benzene rings is 1. The van der Waals surface area contributed by atoms with Crippen LogP contribution in [0.25, 0.3) is 0 Å². The van der Waals surface area contributed by atoms with Crippen molar-refractivity contribution in [1.82, 2.24) is 10.2 Å². The number of carbonyl (C=O) groups excluding carboxylic acids is 1. The summed E-state index contributed by atoms with van der Waals surface area (Å²) >= 11 is 0. The molecule has 2 rings (SSSR count). The lowest BCUT2D eigenvalue weighted by Gasteiger charge is -2.38. The minimum absolute atomic E-state index is 0.0337. The van der Waals surface area contributed by atoms with E-state index >= 15 is 0 Å². The van der Waals surface area contributed by atoms with Crippen molar-refractivity contribution in [3.05, 3.63) is 35.4 Å². The summed E-state index contributed by atoms with van der Waals surface area (Å²) in [4.78, 5) is 13.3. The lowest BCUT2D eigenvalue weighted by atomic mass is 9.92. The van der Waals surface area contributed by atoms with E-state index in [4.69, 9.17) is 0 Å². The van der Waals surface area contributed by atoms with Crippen LogP contribution in [0.2, 0.25) is 0 Å². The number of likely N-dealkylation sites (tertiary alicyclic amines) is 1. The standard InChI is InChI=1S/C17H23F3N2O/c1-11-10-22(13(3)23)9-8-16(11)21-12(2)14-4-6-15(7-5-14)17(18,19)20/h4-7,11-12,16,21H,8-10H2,1-3H3/t11-,12+,16+/m1/s1. The predicted octanol–water partition coefficient (Wildman–Crippen LogP) is 3.61. The number of carbonyl (C=O) groups is 1. The van der Waals surface area contributed by atoms with E-state index < -0.39 is 11.7 Å². The smallest absolute Gasteiger partial charge is 0.343 e. The van der Waals surface area contributed by atoms with Crippen LogP contribution >= 0.6 is 0 Å². The summed E-state index contributed by atoms with van der Waals surface area (Å²) in [6.45, 7) is 7.05. The number of halogens is 3. The van der Waals surface area contributed by atoms with Crippen LogP contribution in [-0.4, -0.2) is 29.9 Å². The maximum atomic E-state index is 12.6. The number of nitrogens with one attached hydrogen (secondary N) is 1. The van der Waals surface area contributed by atoms with Crippen LogP contribution in [0.1, 0.15) is 44.4 Å². The number of piperidine rings is 1. The molecular formula is C17H23F3N2O. The van der Waals surface area contributed by atoms with Gasteiger partial charge in [-0.1, -0.05) is 19.1 Å². The normalized spacial score (nSPS) is 23.7. The van der Waals surface area contributed by atoms with Gasteiger partial charge < -0.3 is 10.2 Å². The van der Waals surface area contributed by atoms with Crippen LogP contribution in [0, 0.1) is 5.92 Å². The molecule has 23 heavy (non-hydrogen) atoms. The molecular weight excluding hydrogens is 305 g/mol. The maximum absolute atomic E-state index is 12.6. The summed E-state index contributed by atoms with van der Waals surface area (Å²) in [5.74, 6) is 0.399. The van der Waals surface area contributed by atoms with Gasteiger partial charge in [0.05, 0.1) is 5.56 Å². The molecule has 0 saturated carbocycles. The summed E-state index contributed by atoms with van der Waals surface area (Å²) in [6, 6.07) is 5.51. The molecule has 1 heterocycles. The largest absolute Gasteiger partial charge is 0.416 e. The Balaban J connectivity index is 1.97. The molecule has 1 aliphatic rings. The van der Waals surface area contributed by atoms with Crippen LogP contribution in [0.4, 0.5) is 13.2 Å². The average Bonchev–Trinajstić information content (AvgIpc) is 2.48. The Morgan fingerprint density at radius 3 is 2.39 bits per heavy atom. The Labute approximate surface area is 134 Å². The Morgan fingerprint density at radius 1 is 1.30 bits per heavy atom. The summed E-state index contributed by atoms with van der Waals surface area (Å²) in [6.07, 6.45) is -3.45. The first-order valence-electron chi connectivity index (χ1n) is 7.87. The molecule has 6 heteroatoms. The summed E-state index contributed by atoms with van der Waals surface area (Å²) in [5, 5.41) is 3.48. The molecule has 3 nitrogen and oxygen atoms in total. The Hall–Kier alpha value is -1.56. The number of hydrogen-bond donors (Lipinski definition) is 1. The highest BCUT2D eigenvalue weighted by Gasteiger charge is 2.31. The number of alkyl halides is 3. The van der Waals surface area contributed by atoms with Gasteiger partial charge in [-0.3, -0.25) is 4.79 Å². The fraction of sp³-hybridized carbons (Fsp3) is 0.588. The average molecular weight is 328 g/mol. The number of nitrogens with zero attached hydrogens (tertiary/aromatic N) is 1. The first-order valence-corrected chi connectivity index (χ1v) is 7.87. The van der Waals surface area contributed by atoms with Crippen LogP contribution < -0.4 is 5.32 Å². The molecule has 1 fully saturated rings. The minimum atomic E-state index is -4.30. The van der Waals surface area contributed by atoms with E-state index in [1.54, 1.807) is 6.92 Å². The quantitative estimate of drug-likeness (QED) is 0.919. The Kier molecular flexibility index (Phi) is 5.34. The second kappa shape index (κ2) is 6.91. The van der Waals surface area contributed by atoms with Crippen molar-refractivity contribution in [2.45, 2.75) is 45.5 Å². The van der Waals surface area contributed by atoms with E-state index in [2.05, 4.69) is 12.2 Å². The van der Waals surface area contributed by atoms with Crippen LogP contribution in [-0.2, 0) is 11.0 Å². The predicted molar refractivity (Wildman–Crippen MR) is 82.8 cm³/mol. The molecule has 1 aromatic carbocycles. The van der Waals surface area contributed by atoms with Gasteiger partial charge in [0, 0.05) is 32.1 Å². The van der Waals surface area contributed by atoms with Crippen LogP contribution in [0.3, 0.4) is 0 Å². The first kappa shape index (κ1) is 17.8. The van der Waals surface area contributed by atoms with Crippen molar-refractivity contribution >= 4 is 5.91 Å². The second-order valence-electron chi connectivity index (χ2n) is 6.35. The van der Waals surface area contributed by atoms with Gasteiger partial charge in [-0.25, -0.2) is 0 Å². The van der Waals surface area contributed by atoms with Crippen molar-refractivity contribution in [2.24, 2.45) is 5.92 Å². The highest BCUT2D eigenvalue weighted by molar-refractivity contribution is 5.73. The third-order valence-corrected chi connectivity index (χ3v) is 4.55.